The van der Waals surface area contributed by atoms with Crippen LogP contribution in [0.1, 0.15) is 36.9 Å². The second-order valence-electron chi connectivity index (χ2n) is 7.68. The third-order valence-corrected chi connectivity index (χ3v) is 5.56. The Hall–Kier alpha value is -3.19. The molecule has 0 spiro atoms. The SMILES string of the molecule is Cc1noc(C)c1-c1ccc2c(Nc3ccc(F)cc3)nn(C3CCCCO3)c2c1. The van der Waals surface area contributed by atoms with Crippen molar-refractivity contribution in [1.29, 1.82) is 0 Å². The summed E-state index contributed by atoms with van der Waals surface area (Å²) in [5, 5.41) is 13.2. The number of fused-ring (bicyclic) bond motifs is 1. The van der Waals surface area contributed by atoms with Crippen LogP contribution in [0.25, 0.3) is 22.0 Å². The number of aryl methyl sites for hydroxylation is 2. The molecule has 0 bridgehead atoms. The number of halogens is 1. The van der Waals surface area contributed by atoms with E-state index in [1.165, 1.54) is 12.1 Å². The molecule has 154 valence electrons. The fourth-order valence-electron chi connectivity index (χ4n) is 4.09. The highest BCUT2D eigenvalue weighted by Crippen LogP contribution is 2.35. The van der Waals surface area contributed by atoms with Crippen molar-refractivity contribution in [3.8, 4) is 11.1 Å². The number of hydrogen-bond donors (Lipinski definition) is 1. The highest BCUT2D eigenvalue weighted by atomic mass is 19.1. The number of nitrogens with one attached hydrogen (secondary N) is 1. The minimum Gasteiger partial charge on any atom is -0.361 e. The Kier molecular flexibility index (Phi) is 4.75. The first-order valence-electron chi connectivity index (χ1n) is 10.2. The predicted octanol–water partition coefficient (Wildman–Crippen LogP) is 5.89. The van der Waals surface area contributed by atoms with Crippen LogP contribution in [-0.4, -0.2) is 21.5 Å². The third-order valence-electron chi connectivity index (χ3n) is 5.56. The van der Waals surface area contributed by atoms with E-state index in [1.54, 1.807) is 12.1 Å². The molecule has 7 heteroatoms. The summed E-state index contributed by atoms with van der Waals surface area (Å²) < 4.78 is 26.6. The molecule has 0 aliphatic carbocycles. The first-order chi connectivity index (χ1) is 14.6. The van der Waals surface area contributed by atoms with E-state index in [-0.39, 0.29) is 12.0 Å². The lowest BCUT2D eigenvalue weighted by atomic mass is 10.0. The molecule has 1 N–H and O–H groups in total. The molecule has 1 aliphatic rings. The van der Waals surface area contributed by atoms with Crippen LogP contribution in [0.3, 0.4) is 0 Å². The van der Waals surface area contributed by atoms with Crippen molar-refractivity contribution in [1.82, 2.24) is 14.9 Å². The summed E-state index contributed by atoms with van der Waals surface area (Å²) in [6, 6.07) is 12.5. The maximum atomic E-state index is 13.3. The summed E-state index contributed by atoms with van der Waals surface area (Å²) in [6.07, 6.45) is 2.99. The monoisotopic (exact) mass is 406 g/mol. The largest absolute Gasteiger partial charge is 0.361 e. The summed E-state index contributed by atoms with van der Waals surface area (Å²) in [5.41, 5.74) is 4.65. The number of hydrogen-bond acceptors (Lipinski definition) is 5. The van der Waals surface area contributed by atoms with E-state index < -0.39 is 0 Å². The van der Waals surface area contributed by atoms with Gasteiger partial charge in [-0.15, -0.1) is 0 Å². The van der Waals surface area contributed by atoms with Crippen LogP contribution in [0.5, 0.6) is 0 Å². The summed E-state index contributed by atoms with van der Waals surface area (Å²) >= 11 is 0. The molecule has 0 radical (unpaired) electrons. The number of rotatable bonds is 4. The van der Waals surface area contributed by atoms with Gasteiger partial charge >= 0.3 is 0 Å². The van der Waals surface area contributed by atoms with E-state index in [4.69, 9.17) is 14.4 Å². The van der Waals surface area contributed by atoms with Gasteiger partial charge in [0.15, 0.2) is 12.0 Å². The Morgan fingerprint density at radius 1 is 1.10 bits per heavy atom. The van der Waals surface area contributed by atoms with E-state index in [0.29, 0.717) is 0 Å². The fraction of sp³-hybridized carbons (Fsp3) is 0.304. The maximum absolute atomic E-state index is 13.3. The number of anilines is 2. The van der Waals surface area contributed by atoms with Gasteiger partial charge in [-0.2, -0.15) is 5.10 Å². The van der Waals surface area contributed by atoms with Crippen LogP contribution in [-0.2, 0) is 4.74 Å². The van der Waals surface area contributed by atoms with Gasteiger partial charge < -0.3 is 14.6 Å². The van der Waals surface area contributed by atoms with Crippen molar-refractivity contribution in [2.24, 2.45) is 0 Å². The molecule has 2 aromatic carbocycles. The van der Waals surface area contributed by atoms with Crippen LogP contribution in [0.2, 0.25) is 0 Å². The molecule has 5 rings (SSSR count). The van der Waals surface area contributed by atoms with Crippen molar-refractivity contribution in [3.05, 3.63) is 59.7 Å². The molecule has 1 fully saturated rings. The highest BCUT2D eigenvalue weighted by Gasteiger charge is 2.22. The Morgan fingerprint density at radius 3 is 2.63 bits per heavy atom. The minimum absolute atomic E-state index is 0.107. The zero-order chi connectivity index (χ0) is 20.7. The summed E-state index contributed by atoms with van der Waals surface area (Å²) in [6.45, 7) is 4.60. The van der Waals surface area contributed by atoms with Gasteiger partial charge in [0.1, 0.15) is 11.6 Å². The topological polar surface area (TPSA) is 65.1 Å². The molecule has 30 heavy (non-hydrogen) atoms. The average molecular weight is 406 g/mol. The number of aromatic nitrogens is 3. The first-order valence-corrected chi connectivity index (χ1v) is 10.2. The summed E-state index contributed by atoms with van der Waals surface area (Å²) in [4.78, 5) is 0. The van der Waals surface area contributed by atoms with Crippen LogP contribution >= 0.6 is 0 Å². The second kappa shape index (κ2) is 7.57. The first kappa shape index (κ1) is 18.8. The van der Waals surface area contributed by atoms with Gasteiger partial charge in [0.25, 0.3) is 0 Å². The normalized spacial score (nSPS) is 16.8. The second-order valence-corrected chi connectivity index (χ2v) is 7.68. The molecule has 0 amide bonds. The Morgan fingerprint density at radius 2 is 1.93 bits per heavy atom. The van der Waals surface area contributed by atoms with Crippen LogP contribution in [0.15, 0.2) is 47.0 Å². The van der Waals surface area contributed by atoms with Gasteiger partial charge in [-0.3, -0.25) is 0 Å². The van der Waals surface area contributed by atoms with E-state index in [1.807, 2.05) is 18.5 Å². The molecule has 3 heterocycles. The van der Waals surface area contributed by atoms with Crippen molar-refractivity contribution in [3.63, 3.8) is 0 Å². The average Bonchev–Trinajstić information content (AvgIpc) is 3.29. The summed E-state index contributed by atoms with van der Waals surface area (Å²) in [7, 11) is 0. The summed E-state index contributed by atoms with van der Waals surface area (Å²) in [5.74, 6) is 1.24. The van der Waals surface area contributed by atoms with Crippen molar-refractivity contribution in [2.45, 2.75) is 39.3 Å². The molecule has 0 saturated carbocycles. The quantitative estimate of drug-likeness (QED) is 0.458. The van der Waals surface area contributed by atoms with Crippen LogP contribution in [0, 0.1) is 19.7 Å². The van der Waals surface area contributed by atoms with Gasteiger partial charge in [0, 0.05) is 23.2 Å². The Labute approximate surface area is 173 Å². The van der Waals surface area contributed by atoms with E-state index in [2.05, 4.69) is 28.7 Å². The Bertz CT molecular complexity index is 1170. The fourth-order valence-corrected chi connectivity index (χ4v) is 4.09. The molecule has 1 aliphatic heterocycles. The van der Waals surface area contributed by atoms with Gasteiger partial charge in [0.2, 0.25) is 0 Å². The number of nitrogens with zero attached hydrogens (tertiary/aromatic N) is 3. The third kappa shape index (κ3) is 3.35. The molecular formula is C23H23FN4O2. The van der Waals surface area contributed by atoms with Crippen molar-refractivity contribution in [2.75, 3.05) is 11.9 Å². The zero-order valence-corrected chi connectivity index (χ0v) is 17.0. The van der Waals surface area contributed by atoms with Gasteiger partial charge in [-0.05, 0) is 75.1 Å². The minimum atomic E-state index is -0.268. The molecule has 6 nitrogen and oxygen atoms in total. The predicted molar refractivity (Wildman–Crippen MR) is 113 cm³/mol. The van der Waals surface area contributed by atoms with Crippen molar-refractivity contribution < 1.29 is 13.7 Å². The molecule has 4 aromatic rings. The maximum Gasteiger partial charge on any atom is 0.160 e. The molecule has 1 saturated heterocycles. The van der Waals surface area contributed by atoms with E-state index >= 15 is 0 Å². The van der Waals surface area contributed by atoms with Crippen molar-refractivity contribution >= 4 is 22.4 Å². The van der Waals surface area contributed by atoms with Gasteiger partial charge in [-0.25, -0.2) is 9.07 Å². The lowest BCUT2D eigenvalue weighted by molar-refractivity contribution is -0.0365. The van der Waals surface area contributed by atoms with Gasteiger partial charge in [0.05, 0.1) is 11.2 Å². The van der Waals surface area contributed by atoms with E-state index in [9.17, 15) is 4.39 Å². The zero-order valence-electron chi connectivity index (χ0n) is 17.0. The number of benzene rings is 2. The van der Waals surface area contributed by atoms with Crippen LogP contribution < -0.4 is 5.32 Å². The molecule has 1 unspecified atom stereocenters. The lowest BCUT2D eigenvalue weighted by Gasteiger charge is -2.23. The molecule has 2 aromatic heterocycles. The Balaban J connectivity index is 1.63. The lowest BCUT2D eigenvalue weighted by Crippen LogP contribution is -2.19. The van der Waals surface area contributed by atoms with Gasteiger partial charge in [-0.1, -0.05) is 11.2 Å². The standard InChI is InChI=1S/C23H23FN4O2/c1-14-22(15(2)30-27-14)16-6-11-19-20(13-16)28(21-5-3-4-12-29-21)26-23(19)25-18-9-7-17(24)8-10-18/h6-11,13,21H,3-5,12H2,1-2H3,(H,25,26). The smallest absolute Gasteiger partial charge is 0.160 e. The molecular weight excluding hydrogens is 383 g/mol. The van der Waals surface area contributed by atoms with E-state index in [0.717, 1.165) is 70.9 Å². The highest BCUT2D eigenvalue weighted by molar-refractivity contribution is 5.95. The number of ether oxygens (including phenoxy) is 1. The van der Waals surface area contributed by atoms with Crippen LogP contribution in [0.4, 0.5) is 15.9 Å². The molecule has 1 atom stereocenters.